The number of hydrogen-bond donors (Lipinski definition) is 0. The van der Waals surface area contributed by atoms with Crippen molar-refractivity contribution in [2.24, 2.45) is 0 Å². The van der Waals surface area contributed by atoms with E-state index in [1.165, 1.54) is 0 Å². The fraction of sp³-hybridized carbons (Fsp3) is 0.464. The van der Waals surface area contributed by atoms with Gasteiger partial charge in [0.25, 0.3) is 0 Å². The topological polar surface area (TPSA) is 82.1 Å². The van der Waals surface area contributed by atoms with Crippen LogP contribution in [0.2, 0.25) is 0 Å². The first-order chi connectivity index (χ1) is 16.9. The third kappa shape index (κ3) is 6.92. The summed E-state index contributed by atoms with van der Waals surface area (Å²) < 4.78 is 16.4. The van der Waals surface area contributed by atoms with Crippen molar-refractivity contribution < 1.29 is 28.6 Å². The summed E-state index contributed by atoms with van der Waals surface area (Å²) in [5, 5.41) is 0. The van der Waals surface area contributed by atoms with Crippen LogP contribution < -0.4 is 9.47 Å². The number of likely N-dealkylation sites (N-methyl/N-ethyl adjacent to an activating group) is 1. The van der Waals surface area contributed by atoms with Crippen LogP contribution in [-0.4, -0.2) is 64.4 Å². The number of nitrogens with zero attached hydrogens (tertiary/aromatic N) is 1. The van der Waals surface area contributed by atoms with E-state index in [-0.39, 0.29) is 5.97 Å². The van der Waals surface area contributed by atoms with Gasteiger partial charge in [-0.15, -0.1) is 0 Å². The summed E-state index contributed by atoms with van der Waals surface area (Å²) in [5.74, 6) is 0.970. The summed E-state index contributed by atoms with van der Waals surface area (Å²) in [7, 11) is 5.20. The molecule has 2 aromatic rings. The molecule has 7 heteroatoms. The second-order valence-corrected chi connectivity index (χ2v) is 8.58. The summed E-state index contributed by atoms with van der Waals surface area (Å²) in [6.07, 6.45) is 4.19. The van der Waals surface area contributed by atoms with E-state index in [2.05, 4.69) is 4.90 Å². The molecule has 35 heavy (non-hydrogen) atoms. The Kier molecular flexibility index (Phi) is 10.9. The first kappa shape index (κ1) is 28.1. The minimum absolute atomic E-state index is 0.228. The molecule has 1 unspecified atom stereocenters. The molecule has 0 heterocycles. The lowest BCUT2D eigenvalue weighted by Gasteiger charge is -2.32. The number of methoxy groups -OCH3 is 2. The molecule has 2 aromatic carbocycles. The second kappa shape index (κ2) is 13.6. The zero-order valence-corrected chi connectivity index (χ0v) is 21.5. The van der Waals surface area contributed by atoms with Gasteiger partial charge < -0.3 is 19.1 Å². The summed E-state index contributed by atoms with van der Waals surface area (Å²) in [6.45, 7) is 5.72. The Morgan fingerprint density at radius 2 is 1.66 bits per heavy atom. The highest BCUT2D eigenvalue weighted by atomic mass is 16.5. The van der Waals surface area contributed by atoms with Gasteiger partial charge in [-0.05, 0) is 75.5 Å². The highest BCUT2D eigenvalue weighted by molar-refractivity contribution is 5.90. The van der Waals surface area contributed by atoms with Crippen molar-refractivity contribution in [3.05, 3.63) is 58.7 Å². The Hall–Kier alpha value is -3.19. The van der Waals surface area contributed by atoms with Gasteiger partial charge in [-0.25, -0.2) is 0 Å². The molecule has 0 amide bonds. The van der Waals surface area contributed by atoms with Crippen LogP contribution in [0, 0.1) is 0 Å². The number of benzene rings is 2. The van der Waals surface area contributed by atoms with E-state index in [1.807, 2.05) is 45.2 Å². The van der Waals surface area contributed by atoms with E-state index in [1.54, 1.807) is 26.4 Å². The molecule has 0 saturated heterocycles. The van der Waals surface area contributed by atoms with Gasteiger partial charge in [-0.1, -0.05) is 25.1 Å². The van der Waals surface area contributed by atoms with Crippen molar-refractivity contribution in [2.75, 3.05) is 41.0 Å². The fourth-order valence-electron chi connectivity index (χ4n) is 4.36. The maximum absolute atomic E-state index is 13.2. The molecular formula is C28H37NO6. The lowest BCUT2D eigenvalue weighted by atomic mass is 9.74. The van der Waals surface area contributed by atoms with Crippen LogP contribution in [0.5, 0.6) is 11.5 Å². The van der Waals surface area contributed by atoms with E-state index in [0.717, 1.165) is 37.1 Å². The maximum Gasteiger partial charge on any atom is 0.316 e. The fourth-order valence-corrected chi connectivity index (χ4v) is 4.36. The molecule has 0 aromatic heterocycles. The first-order valence-corrected chi connectivity index (χ1v) is 12.0. The van der Waals surface area contributed by atoms with E-state index in [4.69, 9.17) is 14.2 Å². The molecule has 0 bridgehead atoms. The lowest BCUT2D eigenvalue weighted by molar-refractivity contribution is -0.150. The smallest absolute Gasteiger partial charge is 0.316 e. The Morgan fingerprint density at radius 3 is 2.26 bits per heavy atom. The van der Waals surface area contributed by atoms with Crippen LogP contribution in [-0.2, 0) is 21.4 Å². The molecule has 0 radical (unpaired) electrons. The number of carbonyl (C=O) groups is 3. The predicted molar refractivity (Wildman–Crippen MR) is 136 cm³/mol. The normalized spacial score (nSPS) is 12.6. The second-order valence-electron chi connectivity index (χ2n) is 8.58. The van der Waals surface area contributed by atoms with Gasteiger partial charge in [0.05, 0.1) is 26.2 Å². The molecule has 1 atom stereocenters. The maximum atomic E-state index is 13.2. The molecule has 0 fully saturated rings. The Morgan fingerprint density at radius 1 is 0.943 bits per heavy atom. The molecule has 2 rings (SSSR count). The van der Waals surface area contributed by atoms with E-state index >= 15 is 0 Å². The van der Waals surface area contributed by atoms with Crippen LogP contribution in [0.4, 0.5) is 0 Å². The van der Waals surface area contributed by atoms with Crippen molar-refractivity contribution in [3.8, 4) is 11.5 Å². The summed E-state index contributed by atoms with van der Waals surface area (Å²) in [5.41, 5.74) is 1.90. The quantitative estimate of drug-likeness (QED) is 0.273. The number of esters is 1. The van der Waals surface area contributed by atoms with Crippen molar-refractivity contribution in [2.45, 2.75) is 44.9 Å². The van der Waals surface area contributed by atoms with Crippen molar-refractivity contribution in [1.82, 2.24) is 4.90 Å². The molecule has 190 valence electrons. The van der Waals surface area contributed by atoms with Crippen LogP contribution in [0.15, 0.2) is 36.4 Å². The van der Waals surface area contributed by atoms with E-state index in [9.17, 15) is 14.4 Å². The Labute approximate surface area is 208 Å². The average molecular weight is 484 g/mol. The summed E-state index contributed by atoms with van der Waals surface area (Å²) >= 11 is 0. The minimum atomic E-state index is -0.778. The highest BCUT2D eigenvalue weighted by Crippen LogP contribution is 2.39. The number of aldehydes is 2. The van der Waals surface area contributed by atoms with Crippen LogP contribution in [0.25, 0.3) is 0 Å². The number of hydrogen-bond acceptors (Lipinski definition) is 7. The first-order valence-electron chi connectivity index (χ1n) is 12.0. The van der Waals surface area contributed by atoms with Crippen LogP contribution in [0.3, 0.4) is 0 Å². The zero-order valence-electron chi connectivity index (χ0n) is 21.5. The monoisotopic (exact) mass is 483 g/mol. The predicted octanol–water partition coefficient (Wildman–Crippen LogP) is 4.49. The minimum Gasteiger partial charge on any atom is -0.493 e. The van der Waals surface area contributed by atoms with Gasteiger partial charge in [0.2, 0.25) is 0 Å². The van der Waals surface area contributed by atoms with Gasteiger partial charge in [0.15, 0.2) is 24.1 Å². The molecule has 7 nitrogen and oxygen atoms in total. The molecule has 0 saturated carbocycles. The van der Waals surface area contributed by atoms with Crippen molar-refractivity contribution in [3.63, 3.8) is 0 Å². The molecule has 0 aliphatic heterocycles. The Bertz CT molecular complexity index is 1000. The summed E-state index contributed by atoms with van der Waals surface area (Å²) in [4.78, 5) is 37.6. The third-order valence-corrected chi connectivity index (χ3v) is 6.54. The molecule has 0 spiro atoms. The largest absolute Gasteiger partial charge is 0.493 e. The molecule has 0 N–H and O–H groups in total. The van der Waals surface area contributed by atoms with Gasteiger partial charge >= 0.3 is 5.97 Å². The molecular weight excluding hydrogens is 446 g/mol. The number of rotatable bonds is 15. The van der Waals surface area contributed by atoms with Crippen LogP contribution in [0.1, 0.15) is 65.0 Å². The van der Waals surface area contributed by atoms with Gasteiger partial charge in [-0.2, -0.15) is 0 Å². The molecule has 0 aliphatic carbocycles. The third-order valence-electron chi connectivity index (χ3n) is 6.54. The van der Waals surface area contributed by atoms with Gasteiger partial charge in [-0.3, -0.25) is 14.4 Å². The Balaban J connectivity index is 2.10. The van der Waals surface area contributed by atoms with E-state index < -0.39 is 5.41 Å². The van der Waals surface area contributed by atoms with Crippen molar-refractivity contribution in [1.29, 1.82) is 0 Å². The van der Waals surface area contributed by atoms with Crippen molar-refractivity contribution >= 4 is 18.5 Å². The number of carbonyl (C=O) groups excluding carboxylic acids is 3. The SMILES string of the molecule is CCOC(=O)C(CC)(CCCN(C)CCc1ccc(C=O)c(C=O)c1)c1ccc(OC)c(OC)c1. The number of ether oxygens (including phenoxy) is 3. The van der Waals surface area contributed by atoms with Gasteiger partial charge in [0, 0.05) is 17.7 Å². The average Bonchev–Trinajstić information content (AvgIpc) is 2.89. The standard InChI is InChI=1S/C28H37NO6/c1-6-28(27(32)35-7-2,24-11-12-25(33-4)26(18-24)34-5)14-8-15-29(3)16-13-21-9-10-22(19-30)23(17-21)20-31/h9-12,17-20H,6-8,13-16H2,1-5H3. The molecule has 0 aliphatic rings. The van der Waals surface area contributed by atoms with E-state index in [0.29, 0.717) is 54.6 Å². The highest BCUT2D eigenvalue weighted by Gasteiger charge is 2.40. The van der Waals surface area contributed by atoms with Crippen LogP contribution >= 0.6 is 0 Å². The summed E-state index contributed by atoms with van der Waals surface area (Å²) in [6, 6.07) is 10.9. The zero-order chi connectivity index (χ0) is 25.8. The lowest BCUT2D eigenvalue weighted by Crippen LogP contribution is -2.38. The van der Waals surface area contributed by atoms with Gasteiger partial charge in [0.1, 0.15) is 0 Å².